The second-order valence-corrected chi connectivity index (χ2v) is 13.5. The predicted octanol–water partition coefficient (Wildman–Crippen LogP) is 7.12. The lowest BCUT2D eigenvalue weighted by molar-refractivity contribution is -0.140. The third kappa shape index (κ3) is 8.38. The summed E-state index contributed by atoms with van der Waals surface area (Å²) in [7, 11) is -4.54. The van der Waals surface area contributed by atoms with Gasteiger partial charge in [-0.25, -0.2) is 8.42 Å². The molecule has 4 rings (SSSR count). The molecule has 3 aromatic rings. The second kappa shape index (κ2) is 14.7. The number of hydrogen-bond donors (Lipinski definition) is 1. The molecule has 45 heavy (non-hydrogen) atoms. The highest BCUT2D eigenvalue weighted by molar-refractivity contribution is 7.92. The monoisotopic (exact) mass is 663 g/mol. The fourth-order valence-electron chi connectivity index (χ4n) is 5.57. The van der Waals surface area contributed by atoms with Crippen LogP contribution in [0.1, 0.15) is 62.1 Å². The third-order valence-corrected chi connectivity index (χ3v) is 10.2. The molecule has 0 heterocycles. The molecule has 0 radical (unpaired) electrons. The number of anilines is 1. The first-order valence-corrected chi connectivity index (χ1v) is 16.7. The summed E-state index contributed by atoms with van der Waals surface area (Å²) in [6, 6.07) is 16.2. The highest BCUT2D eigenvalue weighted by atomic mass is 35.5. The highest BCUT2D eigenvalue weighted by Gasteiger charge is 2.37. The lowest BCUT2D eigenvalue weighted by Crippen LogP contribution is -2.54. The zero-order valence-electron chi connectivity index (χ0n) is 25.2. The minimum Gasteiger partial charge on any atom is -0.352 e. The topological polar surface area (TPSA) is 86.8 Å². The van der Waals surface area contributed by atoms with Gasteiger partial charge in [0, 0.05) is 12.6 Å². The average Bonchev–Trinajstić information content (AvgIpc) is 3.01. The highest BCUT2D eigenvalue weighted by Crippen LogP contribution is 2.38. The number of nitrogens with one attached hydrogen (secondary N) is 1. The number of carbonyl (C=O) groups excluding carboxylic acids is 2. The standard InChI is InChI=1S/C33H37ClF3N3O4S/c1-3-30(32(42)38-25-14-6-4-7-15-25)39(21-24-13-11-10-12-23(24)2)31(41)22-40(45(43,44)27-16-8-5-9-17-27)26-18-19-29(34)28(20-26)33(35,36)37/h5,8-13,16-20,25,30H,3-4,6-7,14-15,21-22H2,1-2H3,(H,38,42)/t30-/m1/s1. The van der Waals surface area contributed by atoms with Gasteiger partial charge in [-0.05, 0) is 67.6 Å². The van der Waals surface area contributed by atoms with Crippen LogP contribution in [0.4, 0.5) is 18.9 Å². The van der Waals surface area contributed by atoms with Crippen LogP contribution in [0.5, 0.6) is 0 Å². The van der Waals surface area contributed by atoms with E-state index in [0.717, 1.165) is 55.4 Å². The fraction of sp³-hybridized carbons (Fsp3) is 0.394. The van der Waals surface area contributed by atoms with Crippen molar-refractivity contribution < 1.29 is 31.2 Å². The molecule has 2 amide bonds. The van der Waals surface area contributed by atoms with Crippen molar-refractivity contribution in [2.75, 3.05) is 10.8 Å². The van der Waals surface area contributed by atoms with Crippen LogP contribution in [-0.2, 0) is 32.3 Å². The molecule has 0 aliphatic heterocycles. The van der Waals surface area contributed by atoms with E-state index >= 15 is 0 Å². The molecule has 0 spiro atoms. The summed E-state index contributed by atoms with van der Waals surface area (Å²) in [5.74, 6) is -1.10. The molecule has 3 aromatic carbocycles. The van der Waals surface area contributed by atoms with Crippen LogP contribution in [0.2, 0.25) is 5.02 Å². The van der Waals surface area contributed by atoms with E-state index in [-0.39, 0.29) is 35.5 Å². The third-order valence-electron chi connectivity index (χ3n) is 8.09. The van der Waals surface area contributed by atoms with Crippen molar-refractivity contribution in [1.82, 2.24) is 10.2 Å². The number of alkyl halides is 3. The van der Waals surface area contributed by atoms with Crippen LogP contribution >= 0.6 is 11.6 Å². The van der Waals surface area contributed by atoms with E-state index in [9.17, 15) is 31.2 Å². The van der Waals surface area contributed by atoms with Gasteiger partial charge in [-0.1, -0.05) is 80.3 Å². The fourth-order valence-corrected chi connectivity index (χ4v) is 7.22. The lowest BCUT2D eigenvalue weighted by Gasteiger charge is -2.35. The molecule has 0 saturated heterocycles. The van der Waals surface area contributed by atoms with E-state index in [0.29, 0.717) is 10.4 Å². The van der Waals surface area contributed by atoms with Gasteiger partial charge in [-0.3, -0.25) is 13.9 Å². The largest absolute Gasteiger partial charge is 0.417 e. The first kappa shape index (κ1) is 34.3. The van der Waals surface area contributed by atoms with Crippen molar-refractivity contribution in [3.63, 3.8) is 0 Å². The van der Waals surface area contributed by atoms with Gasteiger partial charge < -0.3 is 10.2 Å². The Bertz CT molecular complexity index is 1600. The predicted molar refractivity (Wildman–Crippen MR) is 168 cm³/mol. The SMILES string of the molecule is CC[C@H](C(=O)NC1CCCCC1)N(Cc1ccccc1C)C(=O)CN(c1ccc(Cl)c(C(F)(F)F)c1)S(=O)(=O)c1ccccc1. The molecule has 0 bridgehead atoms. The Kier molecular flexibility index (Phi) is 11.2. The van der Waals surface area contributed by atoms with E-state index in [1.54, 1.807) is 19.1 Å². The number of rotatable bonds is 11. The second-order valence-electron chi connectivity index (χ2n) is 11.2. The molecule has 1 aliphatic rings. The van der Waals surface area contributed by atoms with Gasteiger partial charge in [0.25, 0.3) is 10.0 Å². The van der Waals surface area contributed by atoms with E-state index in [1.807, 2.05) is 25.1 Å². The summed E-state index contributed by atoms with van der Waals surface area (Å²) in [6.45, 7) is 2.76. The van der Waals surface area contributed by atoms with Gasteiger partial charge in [0.05, 0.1) is 21.2 Å². The van der Waals surface area contributed by atoms with E-state index in [2.05, 4.69) is 5.32 Å². The van der Waals surface area contributed by atoms with Crippen LogP contribution in [0, 0.1) is 6.92 Å². The Morgan fingerprint density at radius 3 is 2.24 bits per heavy atom. The van der Waals surface area contributed by atoms with Gasteiger partial charge in [0.2, 0.25) is 11.8 Å². The van der Waals surface area contributed by atoms with Gasteiger partial charge in [0.1, 0.15) is 12.6 Å². The molecule has 1 N–H and O–H groups in total. The molecule has 1 atom stereocenters. The lowest BCUT2D eigenvalue weighted by atomic mass is 9.95. The average molecular weight is 664 g/mol. The Hall–Kier alpha value is -3.57. The smallest absolute Gasteiger partial charge is 0.352 e. The number of nitrogens with zero attached hydrogens (tertiary/aromatic N) is 2. The number of aryl methyl sites for hydroxylation is 1. The summed E-state index contributed by atoms with van der Waals surface area (Å²) in [5, 5.41) is 2.46. The number of benzene rings is 3. The molecule has 7 nitrogen and oxygen atoms in total. The molecule has 242 valence electrons. The van der Waals surface area contributed by atoms with Crippen LogP contribution in [0.3, 0.4) is 0 Å². The van der Waals surface area contributed by atoms with E-state index in [4.69, 9.17) is 11.6 Å². The molecular weight excluding hydrogens is 627 g/mol. The van der Waals surface area contributed by atoms with Crippen molar-refractivity contribution >= 4 is 39.1 Å². The van der Waals surface area contributed by atoms with Crippen LogP contribution in [-0.4, -0.2) is 43.8 Å². The van der Waals surface area contributed by atoms with E-state index < -0.39 is 45.3 Å². The Morgan fingerprint density at radius 1 is 0.978 bits per heavy atom. The molecule has 0 unspecified atom stereocenters. The minimum absolute atomic E-state index is 0.00422. The van der Waals surface area contributed by atoms with Crippen LogP contribution in [0.25, 0.3) is 0 Å². The number of hydrogen-bond acceptors (Lipinski definition) is 4. The van der Waals surface area contributed by atoms with E-state index in [1.165, 1.54) is 29.2 Å². The zero-order valence-corrected chi connectivity index (χ0v) is 26.8. The summed E-state index contributed by atoms with van der Waals surface area (Å²) in [4.78, 5) is 29.0. The van der Waals surface area contributed by atoms with Gasteiger partial charge in [-0.2, -0.15) is 13.2 Å². The molecule has 1 saturated carbocycles. The summed E-state index contributed by atoms with van der Waals surface area (Å²) >= 11 is 5.85. The van der Waals surface area contributed by atoms with Gasteiger partial charge >= 0.3 is 6.18 Å². The Morgan fingerprint density at radius 2 is 1.62 bits per heavy atom. The first-order chi connectivity index (χ1) is 21.3. The molecule has 12 heteroatoms. The summed E-state index contributed by atoms with van der Waals surface area (Å²) in [6.07, 6.45) is 0.0848. The number of sulfonamides is 1. The summed E-state index contributed by atoms with van der Waals surface area (Å²) < 4.78 is 70.1. The number of carbonyl (C=O) groups is 2. The maximum absolute atomic E-state index is 14.3. The van der Waals surface area contributed by atoms with Gasteiger partial charge in [-0.15, -0.1) is 0 Å². The minimum atomic E-state index is -4.87. The molecule has 1 fully saturated rings. The summed E-state index contributed by atoms with van der Waals surface area (Å²) in [5.41, 5.74) is -0.0193. The Balaban J connectivity index is 1.77. The Labute approximate surface area is 267 Å². The molecular formula is C33H37ClF3N3O4S. The maximum atomic E-state index is 14.3. The molecule has 1 aliphatic carbocycles. The van der Waals surface area contributed by atoms with Crippen molar-refractivity contribution in [3.8, 4) is 0 Å². The van der Waals surface area contributed by atoms with Crippen molar-refractivity contribution in [2.24, 2.45) is 0 Å². The quantitative estimate of drug-likeness (QED) is 0.237. The number of amides is 2. The van der Waals surface area contributed by atoms with Crippen molar-refractivity contribution in [3.05, 3.63) is 94.5 Å². The van der Waals surface area contributed by atoms with Crippen LogP contribution < -0.4 is 9.62 Å². The normalized spacial score (nSPS) is 14.9. The van der Waals surface area contributed by atoms with Gasteiger partial charge in [0.15, 0.2) is 0 Å². The zero-order chi connectivity index (χ0) is 32.8. The van der Waals surface area contributed by atoms with Crippen LogP contribution in [0.15, 0.2) is 77.7 Å². The number of halogens is 4. The maximum Gasteiger partial charge on any atom is 0.417 e. The molecule has 0 aromatic heterocycles. The van der Waals surface area contributed by atoms with Crippen molar-refractivity contribution in [1.29, 1.82) is 0 Å². The first-order valence-electron chi connectivity index (χ1n) is 14.9. The van der Waals surface area contributed by atoms with Crippen molar-refractivity contribution in [2.45, 2.75) is 82.1 Å².